The zero-order valence-electron chi connectivity index (χ0n) is 18.5. The molecule has 1 fully saturated rings. The summed E-state index contributed by atoms with van der Waals surface area (Å²) in [7, 11) is 0. The van der Waals surface area contributed by atoms with Gasteiger partial charge in [0.15, 0.2) is 11.7 Å². The molecule has 2 heterocycles. The lowest BCUT2D eigenvalue weighted by molar-refractivity contribution is -0.131. The molecule has 1 amide bonds. The van der Waals surface area contributed by atoms with Crippen molar-refractivity contribution in [3.63, 3.8) is 0 Å². The molecule has 0 saturated carbocycles. The number of aromatic nitrogens is 1. The maximum Gasteiger partial charge on any atom is 0.223 e. The summed E-state index contributed by atoms with van der Waals surface area (Å²) in [6, 6.07) is 16.7. The second-order valence-corrected chi connectivity index (χ2v) is 8.42. The van der Waals surface area contributed by atoms with Gasteiger partial charge in [0.25, 0.3) is 0 Å². The number of amides is 1. The molecule has 4 rings (SSSR count). The topological polar surface area (TPSA) is 49.6 Å². The van der Waals surface area contributed by atoms with Gasteiger partial charge in [-0.25, -0.2) is 4.98 Å². The van der Waals surface area contributed by atoms with Gasteiger partial charge in [0, 0.05) is 51.1 Å². The molecule has 1 aliphatic rings. The van der Waals surface area contributed by atoms with Gasteiger partial charge in [-0.2, -0.15) is 0 Å². The van der Waals surface area contributed by atoms with Gasteiger partial charge in [0.05, 0.1) is 6.20 Å². The Morgan fingerprint density at radius 2 is 1.81 bits per heavy atom. The third kappa shape index (κ3) is 5.61. The molecule has 162 valence electrons. The van der Waals surface area contributed by atoms with E-state index in [0.29, 0.717) is 18.7 Å². The van der Waals surface area contributed by atoms with Crippen LogP contribution in [0.5, 0.6) is 0 Å². The van der Waals surface area contributed by atoms with Crippen LogP contribution in [0.3, 0.4) is 0 Å². The molecule has 0 aliphatic carbocycles. The number of hydrogen-bond acceptors (Lipinski definition) is 4. The molecule has 2 aromatic carbocycles. The number of carbonyl (C=O) groups excluding carboxylic acids is 1. The van der Waals surface area contributed by atoms with Crippen LogP contribution in [0.2, 0.25) is 0 Å². The highest BCUT2D eigenvalue weighted by Gasteiger charge is 2.20. The van der Waals surface area contributed by atoms with E-state index in [9.17, 15) is 4.79 Å². The van der Waals surface area contributed by atoms with Crippen molar-refractivity contribution >= 4 is 5.91 Å². The number of rotatable bonds is 6. The van der Waals surface area contributed by atoms with Crippen LogP contribution in [0.15, 0.2) is 59.1 Å². The molecule has 5 heteroatoms. The van der Waals surface area contributed by atoms with Crippen molar-refractivity contribution in [3.05, 3.63) is 77.3 Å². The van der Waals surface area contributed by atoms with Crippen LogP contribution in [-0.2, 0) is 17.8 Å². The van der Waals surface area contributed by atoms with Crippen LogP contribution < -0.4 is 0 Å². The quantitative estimate of drug-likeness (QED) is 0.587. The maximum absolute atomic E-state index is 12.8. The standard InChI is InChI=1S/C26H31N3O2/c1-20-8-10-22(11-9-20)24-18-27-25(31-24)12-13-26(30)29-15-5-14-28(16-17-29)19-23-7-4-3-6-21(23)2/h3-4,6-11,18H,5,12-17,19H2,1-2H3. The van der Waals surface area contributed by atoms with E-state index in [4.69, 9.17) is 4.42 Å². The van der Waals surface area contributed by atoms with Crippen molar-refractivity contribution in [1.29, 1.82) is 0 Å². The molecule has 1 aliphatic heterocycles. The largest absolute Gasteiger partial charge is 0.441 e. The first-order valence-electron chi connectivity index (χ1n) is 11.1. The first-order valence-corrected chi connectivity index (χ1v) is 11.1. The van der Waals surface area contributed by atoms with Gasteiger partial charge in [0.2, 0.25) is 5.91 Å². The maximum atomic E-state index is 12.8. The Labute approximate surface area is 184 Å². The zero-order valence-corrected chi connectivity index (χ0v) is 18.5. The van der Waals surface area contributed by atoms with Gasteiger partial charge in [-0.15, -0.1) is 0 Å². The molecule has 3 aromatic rings. The fraction of sp³-hybridized carbons (Fsp3) is 0.385. The second-order valence-electron chi connectivity index (χ2n) is 8.42. The van der Waals surface area contributed by atoms with Gasteiger partial charge in [-0.05, 0) is 31.4 Å². The van der Waals surface area contributed by atoms with Crippen LogP contribution in [0.25, 0.3) is 11.3 Å². The van der Waals surface area contributed by atoms with Gasteiger partial charge < -0.3 is 9.32 Å². The molecule has 0 bridgehead atoms. The molecule has 0 N–H and O–H groups in total. The number of hydrogen-bond donors (Lipinski definition) is 0. The summed E-state index contributed by atoms with van der Waals surface area (Å²) in [5.74, 6) is 1.57. The van der Waals surface area contributed by atoms with E-state index in [1.54, 1.807) is 6.20 Å². The predicted molar refractivity (Wildman–Crippen MR) is 123 cm³/mol. The van der Waals surface area contributed by atoms with E-state index >= 15 is 0 Å². The highest BCUT2D eigenvalue weighted by molar-refractivity contribution is 5.76. The Kier molecular flexibility index (Phi) is 6.82. The molecule has 0 atom stereocenters. The van der Waals surface area contributed by atoms with Crippen LogP contribution in [0.4, 0.5) is 0 Å². The van der Waals surface area contributed by atoms with Crippen molar-refractivity contribution < 1.29 is 9.21 Å². The van der Waals surface area contributed by atoms with Crippen molar-refractivity contribution in [2.45, 2.75) is 39.7 Å². The molecule has 0 radical (unpaired) electrons. The monoisotopic (exact) mass is 417 g/mol. The SMILES string of the molecule is Cc1ccc(-c2cnc(CCC(=O)N3CCCN(Cc4ccccc4C)CC3)o2)cc1. The minimum absolute atomic E-state index is 0.188. The lowest BCUT2D eigenvalue weighted by atomic mass is 10.1. The summed E-state index contributed by atoms with van der Waals surface area (Å²) in [5, 5.41) is 0. The number of carbonyl (C=O) groups is 1. The van der Waals surface area contributed by atoms with E-state index in [1.807, 2.05) is 17.0 Å². The van der Waals surface area contributed by atoms with Crippen LogP contribution >= 0.6 is 0 Å². The summed E-state index contributed by atoms with van der Waals surface area (Å²) in [6.45, 7) is 8.72. The zero-order chi connectivity index (χ0) is 21.6. The minimum atomic E-state index is 0.188. The van der Waals surface area contributed by atoms with E-state index in [-0.39, 0.29) is 5.91 Å². The molecule has 0 spiro atoms. The normalized spacial score (nSPS) is 15.1. The predicted octanol–water partition coefficient (Wildman–Crippen LogP) is 4.63. The van der Waals surface area contributed by atoms with Crippen LogP contribution in [-0.4, -0.2) is 46.9 Å². The minimum Gasteiger partial charge on any atom is -0.441 e. The number of nitrogens with zero attached hydrogens (tertiary/aromatic N) is 3. The van der Waals surface area contributed by atoms with Gasteiger partial charge in [-0.1, -0.05) is 54.1 Å². The molecule has 0 unspecified atom stereocenters. The highest BCUT2D eigenvalue weighted by atomic mass is 16.4. The summed E-state index contributed by atoms with van der Waals surface area (Å²) in [4.78, 5) is 21.6. The third-order valence-corrected chi connectivity index (χ3v) is 6.04. The van der Waals surface area contributed by atoms with Crippen molar-refractivity contribution in [1.82, 2.24) is 14.8 Å². The Balaban J connectivity index is 1.27. The second kappa shape index (κ2) is 9.92. The van der Waals surface area contributed by atoms with Crippen LogP contribution in [0.1, 0.15) is 35.4 Å². The average molecular weight is 418 g/mol. The van der Waals surface area contributed by atoms with Crippen LogP contribution in [0, 0.1) is 13.8 Å². The van der Waals surface area contributed by atoms with Gasteiger partial charge in [0.1, 0.15) is 0 Å². The van der Waals surface area contributed by atoms with Gasteiger partial charge >= 0.3 is 0 Å². The van der Waals surface area contributed by atoms with Crippen molar-refractivity contribution in [2.24, 2.45) is 0 Å². The summed E-state index contributed by atoms with van der Waals surface area (Å²) in [6.07, 6.45) is 3.73. The Hall–Kier alpha value is -2.92. The smallest absolute Gasteiger partial charge is 0.223 e. The first-order chi connectivity index (χ1) is 15.1. The summed E-state index contributed by atoms with van der Waals surface area (Å²) in [5.41, 5.74) is 4.92. The van der Waals surface area contributed by atoms with E-state index < -0.39 is 0 Å². The van der Waals surface area contributed by atoms with Crippen molar-refractivity contribution in [3.8, 4) is 11.3 Å². The first kappa shape index (κ1) is 21.3. The van der Waals surface area contributed by atoms with Crippen molar-refractivity contribution in [2.75, 3.05) is 26.2 Å². The Bertz CT molecular complexity index is 1010. The molecular formula is C26H31N3O2. The summed E-state index contributed by atoms with van der Waals surface area (Å²) < 4.78 is 5.88. The average Bonchev–Trinajstić information content (AvgIpc) is 3.12. The lowest BCUT2D eigenvalue weighted by Gasteiger charge is -2.22. The molecule has 31 heavy (non-hydrogen) atoms. The van der Waals surface area contributed by atoms with Gasteiger partial charge in [-0.3, -0.25) is 9.69 Å². The number of benzene rings is 2. The molecule has 5 nitrogen and oxygen atoms in total. The fourth-order valence-electron chi connectivity index (χ4n) is 4.06. The third-order valence-electron chi connectivity index (χ3n) is 6.04. The molecule has 1 aromatic heterocycles. The highest BCUT2D eigenvalue weighted by Crippen LogP contribution is 2.21. The summed E-state index contributed by atoms with van der Waals surface area (Å²) >= 11 is 0. The number of oxazole rings is 1. The fourth-order valence-corrected chi connectivity index (χ4v) is 4.06. The Morgan fingerprint density at radius 1 is 1.00 bits per heavy atom. The van der Waals surface area contributed by atoms with E-state index in [0.717, 1.165) is 50.5 Å². The van der Waals surface area contributed by atoms with E-state index in [1.165, 1.54) is 16.7 Å². The lowest BCUT2D eigenvalue weighted by Crippen LogP contribution is -2.35. The van der Waals surface area contributed by atoms with E-state index in [2.05, 4.69) is 60.1 Å². The molecular weight excluding hydrogens is 386 g/mol. The Morgan fingerprint density at radius 3 is 2.61 bits per heavy atom. The number of aryl methyl sites for hydroxylation is 3. The molecule has 1 saturated heterocycles.